The Hall–Kier alpha value is -0.550. The second-order valence-corrected chi connectivity index (χ2v) is 3.88. The first kappa shape index (κ1) is 11.5. The first-order valence-corrected chi connectivity index (χ1v) is 4.70. The zero-order chi connectivity index (χ0) is 10.9. The van der Waals surface area contributed by atoms with Gasteiger partial charge in [-0.25, -0.2) is 0 Å². The van der Waals surface area contributed by atoms with Crippen LogP contribution in [0.15, 0.2) is 22.7 Å². The Bertz CT molecular complexity index is 335. The third-order valence-electron chi connectivity index (χ3n) is 1.89. The number of benzene rings is 1. The third-order valence-corrected chi connectivity index (χ3v) is 2.78. The van der Waals surface area contributed by atoms with Crippen molar-refractivity contribution in [1.82, 2.24) is 0 Å². The van der Waals surface area contributed by atoms with Gasteiger partial charge in [0.15, 0.2) is 0 Å². The zero-order valence-corrected chi connectivity index (χ0v) is 8.98. The molecule has 14 heavy (non-hydrogen) atoms. The molecule has 1 rings (SSSR count). The van der Waals surface area contributed by atoms with Crippen LogP contribution in [0.1, 0.15) is 17.2 Å². The number of hydrogen-bond donors (Lipinski definition) is 1. The molecule has 0 unspecified atom stereocenters. The van der Waals surface area contributed by atoms with Crippen LogP contribution in [0.4, 0.5) is 13.2 Å². The molecule has 1 atom stereocenters. The van der Waals surface area contributed by atoms with Crippen molar-refractivity contribution in [3.8, 4) is 0 Å². The van der Waals surface area contributed by atoms with Gasteiger partial charge in [0.1, 0.15) is 6.04 Å². The third kappa shape index (κ3) is 2.48. The minimum Gasteiger partial charge on any atom is -0.316 e. The van der Waals surface area contributed by atoms with Gasteiger partial charge in [0, 0.05) is 4.47 Å². The van der Waals surface area contributed by atoms with E-state index in [2.05, 4.69) is 15.9 Å². The van der Waals surface area contributed by atoms with E-state index in [0.29, 0.717) is 0 Å². The van der Waals surface area contributed by atoms with E-state index in [1.54, 1.807) is 13.0 Å². The maximum absolute atomic E-state index is 12.2. The van der Waals surface area contributed by atoms with Crippen LogP contribution in [-0.4, -0.2) is 6.18 Å². The van der Waals surface area contributed by atoms with Gasteiger partial charge in [0.25, 0.3) is 0 Å². The summed E-state index contributed by atoms with van der Waals surface area (Å²) in [5.74, 6) is 0. The second-order valence-electron chi connectivity index (χ2n) is 3.03. The minimum atomic E-state index is -4.39. The highest BCUT2D eigenvalue weighted by atomic mass is 79.9. The highest BCUT2D eigenvalue weighted by molar-refractivity contribution is 9.10. The summed E-state index contributed by atoms with van der Waals surface area (Å²) in [5.41, 5.74) is 5.87. The molecular weight excluding hydrogens is 259 g/mol. The summed E-state index contributed by atoms with van der Waals surface area (Å²) in [7, 11) is 0. The molecule has 0 saturated heterocycles. The van der Waals surface area contributed by atoms with E-state index in [4.69, 9.17) is 5.73 Å². The molecule has 0 aliphatic rings. The molecule has 78 valence electrons. The number of rotatable bonds is 1. The molecule has 1 aromatic carbocycles. The fourth-order valence-corrected chi connectivity index (χ4v) is 1.30. The highest BCUT2D eigenvalue weighted by Crippen LogP contribution is 2.31. The summed E-state index contributed by atoms with van der Waals surface area (Å²) in [6.07, 6.45) is -4.39. The summed E-state index contributed by atoms with van der Waals surface area (Å²) in [6.45, 7) is 1.72. The molecule has 5 heteroatoms. The van der Waals surface area contributed by atoms with Crippen LogP contribution in [0.2, 0.25) is 0 Å². The minimum absolute atomic E-state index is 0.0817. The van der Waals surface area contributed by atoms with E-state index in [0.717, 1.165) is 10.0 Å². The molecule has 0 saturated carbocycles. The van der Waals surface area contributed by atoms with Crippen molar-refractivity contribution in [3.63, 3.8) is 0 Å². The van der Waals surface area contributed by atoms with Gasteiger partial charge < -0.3 is 5.73 Å². The molecule has 0 aromatic heterocycles. The van der Waals surface area contributed by atoms with Crippen LogP contribution in [0, 0.1) is 6.92 Å². The van der Waals surface area contributed by atoms with Gasteiger partial charge in [-0.2, -0.15) is 13.2 Å². The number of nitrogens with two attached hydrogens (primary N) is 1. The van der Waals surface area contributed by atoms with Gasteiger partial charge in [0.05, 0.1) is 0 Å². The number of hydrogen-bond acceptors (Lipinski definition) is 1. The fraction of sp³-hybridized carbons (Fsp3) is 0.333. The van der Waals surface area contributed by atoms with Crippen LogP contribution in [-0.2, 0) is 0 Å². The van der Waals surface area contributed by atoms with E-state index in [-0.39, 0.29) is 5.56 Å². The monoisotopic (exact) mass is 267 g/mol. The van der Waals surface area contributed by atoms with Crippen molar-refractivity contribution < 1.29 is 13.2 Å². The molecule has 1 nitrogen and oxygen atoms in total. The molecule has 0 spiro atoms. The summed E-state index contributed by atoms with van der Waals surface area (Å²) >= 11 is 3.21. The first-order chi connectivity index (χ1) is 6.32. The van der Waals surface area contributed by atoms with Crippen molar-refractivity contribution >= 4 is 15.9 Å². The van der Waals surface area contributed by atoms with Gasteiger partial charge in [-0.15, -0.1) is 0 Å². The standard InChI is InChI=1S/C9H9BrF3N/c1-5-4-6(2-3-7(5)10)8(14)9(11,12)13/h2-4,8H,14H2,1H3/t8-/m0/s1. The van der Waals surface area contributed by atoms with Crippen molar-refractivity contribution in [2.24, 2.45) is 5.73 Å². The van der Waals surface area contributed by atoms with Crippen LogP contribution >= 0.6 is 15.9 Å². The zero-order valence-electron chi connectivity index (χ0n) is 7.40. The molecule has 2 N–H and O–H groups in total. The predicted molar refractivity (Wildman–Crippen MR) is 51.9 cm³/mol. The fourth-order valence-electron chi connectivity index (χ4n) is 1.05. The molecule has 0 aliphatic carbocycles. The smallest absolute Gasteiger partial charge is 0.316 e. The summed E-state index contributed by atoms with van der Waals surface area (Å²) in [4.78, 5) is 0. The lowest BCUT2D eigenvalue weighted by atomic mass is 10.1. The van der Waals surface area contributed by atoms with Crippen molar-refractivity contribution in [2.75, 3.05) is 0 Å². The maximum Gasteiger partial charge on any atom is 0.407 e. The maximum atomic E-state index is 12.2. The van der Waals surface area contributed by atoms with Crippen molar-refractivity contribution in [3.05, 3.63) is 33.8 Å². The lowest BCUT2D eigenvalue weighted by Crippen LogP contribution is -2.28. The Labute approximate surface area is 88.2 Å². The summed E-state index contributed by atoms with van der Waals surface area (Å²) in [5, 5.41) is 0. The molecule has 0 fully saturated rings. The molecule has 0 radical (unpaired) electrons. The highest BCUT2D eigenvalue weighted by Gasteiger charge is 2.37. The summed E-state index contributed by atoms with van der Waals surface area (Å²) < 4.78 is 37.5. The van der Waals surface area contributed by atoms with E-state index in [9.17, 15) is 13.2 Å². The largest absolute Gasteiger partial charge is 0.407 e. The van der Waals surface area contributed by atoms with E-state index >= 15 is 0 Å². The molecule has 0 aliphatic heterocycles. The van der Waals surface area contributed by atoms with E-state index in [1.807, 2.05) is 0 Å². The quantitative estimate of drug-likeness (QED) is 0.830. The lowest BCUT2D eigenvalue weighted by molar-refractivity contribution is -0.149. The molecular formula is C9H9BrF3N. The number of halogens is 4. The molecule has 0 bridgehead atoms. The van der Waals surface area contributed by atoms with Gasteiger partial charge in [-0.3, -0.25) is 0 Å². The van der Waals surface area contributed by atoms with Crippen molar-refractivity contribution in [2.45, 2.75) is 19.1 Å². The van der Waals surface area contributed by atoms with Gasteiger partial charge in [-0.1, -0.05) is 28.1 Å². The van der Waals surface area contributed by atoms with Crippen LogP contribution < -0.4 is 5.73 Å². The SMILES string of the molecule is Cc1cc([C@H](N)C(F)(F)F)ccc1Br. The van der Waals surface area contributed by atoms with E-state index < -0.39 is 12.2 Å². The Morgan fingerprint density at radius 1 is 1.36 bits per heavy atom. The topological polar surface area (TPSA) is 26.0 Å². The Kier molecular flexibility index (Phi) is 3.21. The average molecular weight is 268 g/mol. The van der Waals surface area contributed by atoms with Crippen LogP contribution in [0.3, 0.4) is 0 Å². The molecule has 0 heterocycles. The normalized spacial score (nSPS) is 14.1. The van der Waals surface area contributed by atoms with Gasteiger partial charge >= 0.3 is 6.18 Å². The van der Waals surface area contributed by atoms with Crippen LogP contribution in [0.25, 0.3) is 0 Å². The first-order valence-electron chi connectivity index (χ1n) is 3.90. The van der Waals surface area contributed by atoms with Gasteiger partial charge in [-0.05, 0) is 24.1 Å². The second kappa shape index (κ2) is 3.90. The Morgan fingerprint density at radius 2 is 1.93 bits per heavy atom. The average Bonchev–Trinajstić information content (AvgIpc) is 2.07. The Morgan fingerprint density at radius 3 is 2.36 bits per heavy atom. The number of alkyl halides is 3. The predicted octanol–water partition coefficient (Wildman–Crippen LogP) is 3.32. The lowest BCUT2D eigenvalue weighted by Gasteiger charge is -2.16. The van der Waals surface area contributed by atoms with E-state index in [1.165, 1.54) is 12.1 Å². The summed E-state index contributed by atoms with van der Waals surface area (Å²) in [6, 6.07) is 2.46. The number of aryl methyl sites for hydroxylation is 1. The van der Waals surface area contributed by atoms with Crippen LogP contribution in [0.5, 0.6) is 0 Å². The van der Waals surface area contributed by atoms with Gasteiger partial charge in [0.2, 0.25) is 0 Å². The molecule has 1 aromatic rings. The Balaban J connectivity index is 3.03. The molecule has 0 amide bonds. The van der Waals surface area contributed by atoms with Crippen molar-refractivity contribution in [1.29, 1.82) is 0 Å².